The van der Waals surface area contributed by atoms with Gasteiger partial charge in [-0.05, 0) is 61.7 Å². The number of likely N-dealkylation sites (tertiary alicyclic amines) is 1. The van der Waals surface area contributed by atoms with Crippen LogP contribution in [0, 0.1) is 23.2 Å². The first-order valence-electron chi connectivity index (χ1n) is 12.9. The highest BCUT2D eigenvalue weighted by molar-refractivity contribution is 5.73. The minimum atomic E-state index is -1.32. The van der Waals surface area contributed by atoms with E-state index in [-0.39, 0.29) is 19.1 Å². The van der Waals surface area contributed by atoms with Crippen molar-refractivity contribution in [1.29, 1.82) is 0 Å². The number of rotatable bonds is 9. The SMILES string of the molecule is CC(=O)NC1C(O)C(O)C(CO)N(Cc2cn(COCC34CC5CC(CC(C5)C3)C4)nn2)C1CO. The molecule has 0 radical (unpaired) electrons. The molecule has 196 valence electrons. The molecule has 1 aromatic heterocycles. The fourth-order valence-corrected chi connectivity index (χ4v) is 7.88. The topological polar surface area (TPSA) is 153 Å². The number of carbonyl (C=O) groups excluding carboxylic acids is 1. The summed E-state index contributed by atoms with van der Waals surface area (Å²) in [6.45, 7) is 1.73. The van der Waals surface area contributed by atoms with Crippen molar-refractivity contribution in [2.45, 2.75) is 89.1 Å². The van der Waals surface area contributed by atoms with E-state index in [0.717, 1.165) is 24.4 Å². The van der Waals surface area contributed by atoms with Crippen LogP contribution < -0.4 is 5.32 Å². The summed E-state index contributed by atoms with van der Waals surface area (Å²) in [7, 11) is 0. The van der Waals surface area contributed by atoms with Crippen molar-refractivity contribution < 1.29 is 30.0 Å². The molecule has 0 aromatic carbocycles. The van der Waals surface area contributed by atoms with Gasteiger partial charge in [0.1, 0.15) is 12.8 Å². The smallest absolute Gasteiger partial charge is 0.217 e. The van der Waals surface area contributed by atoms with Crippen LogP contribution in [0.2, 0.25) is 0 Å². The summed E-state index contributed by atoms with van der Waals surface area (Å²) in [6, 6.07) is -2.44. The van der Waals surface area contributed by atoms with E-state index < -0.39 is 36.9 Å². The van der Waals surface area contributed by atoms with Crippen LogP contribution in [0.5, 0.6) is 0 Å². The molecule has 4 aliphatic carbocycles. The summed E-state index contributed by atoms with van der Waals surface area (Å²) in [5.41, 5.74) is 0.898. The first-order chi connectivity index (χ1) is 16.8. The highest BCUT2D eigenvalue weighted by atomic mass is 16.5. The Morgan fingerprint density at radius 1 is 1.09 bits per heavy atom. The molecule has 11 nitrogen and oxygen atoms in total. The zero-order valence-corrected chi connectivity index (χ0v) is 20.4. The third-order valence-electron chi connectivity index (χ3n) is 8.85. The maximum Gasteiger partial charge on any atom is 0.217 e. The summed E-state index contributed by atoms with van der Waals surface area (Å²) < 4.78 is 7.77. The molecule has 4 saturated carbocycles. The average Bonchev–Trinajstić information content (AvgIpc) is 3.23. The van der Waals surface area contributed by atoms with Crippen molar-refractivity contribution in [2.75, 3.05) is 19.8 Å². The fraction of sp³-hybridized carbons (Fsp3) is 0.875. The van der Waals surface area contributed by atoms with Gasteiger partial charge in [-0.25, -0.2) is 4.68 Å². The number of aliphatic hydroxyl groups excluding tert-OH is 4. The van der Waals surface area contributed by atoms with Crippen molar-refractivity contribution in [1.82, 2.24) is 25.2 Å². The van der Waals surface area contributed by atoms with Gasteiger partial charge in [-0.1, -0.05) is 5.21 Å². The quantitative estimate of drug-likeness (QED) is 0.298. The maximum absolute atomic E-state index is 11.7. The van der Waals surface area contributed by atoms with Gasteiger partial charge in [0.25, 0.3) is 0 Å². The Kier molecular flexibility index (Phi) is 7.17. The predicted molar refractivity (Wildman–Crippen MR) is 123 cm³/mol. The van der Waals surface area contributed by atoms with Crippen LogP contribution in [0.4, 0.5) is 0 Å². The third kappa shape index (κ3) is 4.99. The Bertz CT molecular complexity index is 860. The lowest BCUT2D eigenvalue weighted by Crippen LogP contribution is -2.71. The van der Waals surface area contributed by atoms with Crippen LogP contribution >= 0.6 is 0 Å². The van der Waals surface area contributed by atoms with Crippen molar-refractivity contribution in [2.24, 2.45) is 23.2 Å². The van der Waals surface area contributed by atoms with Gasteiger partial charge in [-0.3, -0.25) is 9.69 Å². The van der Waals surface area contributed by atoms with E-state index >= 15 is 0 Å². The standard InChI is InChI=1S/C24H39N5O6/c1-14(32)25-21-19(10-30)29(20(11-31)22(33)23(21)34)9-18-8-28(27-26-18)13-35-12-24-5-15-2-16(6-24)4-17(3-15)7-24/h8,15-17,19-23,30-31,33-34H,2-7,9-13H2,1H3,(H,25,32). The first kappa shape index (κ1) is 25.0. The molecule has 0 spiro atoms. The summed E-state index contributed by atoms with van der Waals surface area (Å²) >= 11 is 0. The predicted octanol–water partition coefficient (Wildman–Crippen LogP) is -0.767. The number of carbonyl (C=O) groups is 1. The van der Waals surface area contributed by atoms with Gasteiger partial charge >= 0.3 is 0 Å². The van der Waals surface area contributed by atoms with E-state index in [1.54, 1.807) is 15.8 Å². The second kappa shape index (κ2) is 10.0. The number of aliphatic hydroxyl groups is 4. The number of piperidine rings is 1. The van der Waals surface area contributed by atoms with Crippen LogP contribution in [-0.2, 0) is 22.8 Å². The normalized spacial score (nSPS) is 40.8. The maximum atomic E-state index is 11.7. The lowest BCUT2D eigenvalue weighted by atomic mass is 9.50. The second-order valence-corrected chi connectivity index (χ2v) is 11.5. The molecule has 35 heavy (non-hydrogen) atoms. The van der Waals surface area contributed by atoms with Crippen molar-refractivity contribution in [3.05, 3.63) is 11.9 Å². The summed E-state index contributed by atoms with van der Waals surface area (Å²) in [5, 5.41) is 52.0. The molecule has 4 bridgehead atoms. The summed E-state index contributed by atoms with van der Waals surface area (Å²) in [6.07, 6.45) is 7.19. The Labute approximate surface area is 205 Å². The molecule has 1 saturated heterocycles. The average molecular weight is 494 g/mol. The molecule has 1 aromatic rings. The van der Waals surface area contributed by atoms with E-state index in [0.29, 0.717) is 17.8 Å². The number of hydrogen-bond acceptors (Lipinski definition) is 9. The van der Waals surface area contributed by atoms with E-state index in [2.05, 4.69) is 15.6 Å². The van der Waals surface area contributed by atoms with Gasteiger partial charge in [0.15, 0.2) is 0 Å². The molecule has 5 aliphatic rings. The molecule has 5 unspecified atom stereocenters. The van der Waals surface area contributed by atoms with Crippen LogP contribution in [-0.4, -0.2) is 96.4 Å². The highest BCUT2D eigenvalue weighted by Crippen LogP contribution is 2.60. The molecule has 6 rings (SSSR count). The van der Waals surface area contributed by atoms with Crippen molar-refractivity contribution >= 4 is 5.91 Å². The van der Waals surface area contributed by atoms with Crippen molar-refractivity contribution in [3.63, 3.8) is 0 Å². The zero-order chi connectivity index (χ0) is 24.7. The zero-order valence-electron chi connectivity index (χ0n) is 20.4. The summed E-state index contributed by atoms with van der Waals surface area (Å²) in [4.78, 5) is 13.3. The molecular weight excluding hydrogens is 454 g/mol. The molecule has 5 atom stereocenters. The van der Waals surface area contributed by atoms with Gasteiger partial charge in [-0.2, -0.15) is 0 Å². The van der Waals surface area contributed by atoms with Gasteiger partial charge in [0, 0.05) is 13.5 Å². The van der Waals surface area contributed by atoms with Crippen LogP contribution in [0.3, 0.4) is 0 Å². The monoisotopic (exact) mass is 493 g/mol. The Balaban J connectivity index is 1.21. The second-order valence-electron chi connectivity index (χ2n) is 11.5. The molecular formula is C24H39N5O6. The minimum absolute atomic E-state index is 0.172. The number of ether oxygens (including phenoxy) is 1. The molecule has 2 heterocycles. The van der Waals surface area contributed by atoms with Crippen molar-refractivity contribution in [3.8, 4) is 0 Å². The fourth-order valence-electron chi connectivity index (χ4n) is 7.88. The third-order valence-corrected chi connectivity index (χ3v) is 8.85. The highest BCUT2D eigenvalue weighted by Gasteiger charge is 2.51. The minimum Gasteiger partial charge on any atom is -0.395 e. The first-order valence-corrected chi connectivity index (χ1v) is 12.9. The number of nitrogens with zero attached hydrogens (tertiary/aromatic N) is 4. The van der Waals surface area contributed by atoms with E-state index in [4.69, 9.17) is 4.74 Å². The van der Waals surface area contributed by atoms with Gasteiger partial charge in [0.2, 0.25) is 5.91 Å². The molecule has 5 fully saturated rings. The van der Waals surface area contributed by atoms with Gasteiger partial charge < -0.3 is 30.5 Å². The van der Waals surface area contributed by atoms with Crippen LogP contribution in [0.15, 0.2) is 6.20 Å². The Morgan fingerprint density at radius 2 is 1.71 bits per heavy atom. The number of hydrogen-bond donors (Lipinski definition) is 5. The molecule has 1 aliphatic heterocycles. The van der Waals surface area contributed by atoms with Crippen LogP contribution in [0.25, 0.3) is 0 Å². The lowest BCUT2D eigenvalue weighted by molar-refractivity contribution is -0.147. The molecule has 1 amide bonds. The largest absolute Gasteiger partial charge is 0.395 e. The lowest BCUT2D eigenvalue weighted by Gasteiger charge is -2.56. The van der Waals surface area contributed by atoms with Gasteiger partial charge in [-0.15, -0.1) is 5.10 Å². The molecule has 11 heteroatoms. The van der Waals surface area contributed by atoms with E-state index in [9.17, 15) is 25.2 Å². The number of amides is 1. The van der Waals surface area contributed by atoms with Gasteiger partial charge in [0.05, 0.1) is 55.9 Å². The van der Waals surface area contributed by atoms with E-state index in [1.807, 2.05) is 0 Å². The Morgan fingerprint density at radius 3 is 2.29 bits per heavy atom. The van der Waals surface area contributed by atoms with E-state index in [1.165, 1.54) is 45.4 Å². The number of aromatic nitrogens is 3. The van der Waals surface area contributed by atoms with Crippen LogP contribution in [0.1, 0.15) is 51.1 Å². The Hall–Kier alpha value is -1.63. The summed E-state index contributed by atoms with van der Waals surface area (Å²) in [5.74, 6) is 2.24. The molecule has 5 N–H and O–H groups in total. The number of nitrogens with one attached hydrogen (secondary N) is 1.